The Kier molecular flexibility index (Phi) is 6.38. The molecule has 2 rings (SSSR count). The lowest BCUT2D eigenvalue weighted by molar-refractivity contribution is -0.155. The highest BCUT2D eigenvalue weighted by atomic mass is 19.4. The first-order chi connectivity index (χ1) is 12.6. The van der Waals surface area contributed by atoms with Crippen LogP contribution in [0.15, 0.2) is 48.5 Å². The molecular formula is C18H15F4NO4. The molecule has 0 bridgehead atoms. The molecule has 144 valence electrons. The van der Waals surface area contributed by atoms with Crippen molar-refractivity contribution in [3.05, 3.63) is 59.9 Å². The second-order valence-corrected chi connectivity index (χ2v) is 5.44. The summed E-state index contributed by atoms with van der Waals surface area (Å²) in [4.78, 5) is 23.6. The van der Waals surface area contributed by atoms with Gasteiger partial charge in [0.05, 0.1) is 5.56 Å². The van der Waals surface area contributed by atoms with Gasteiger partial charge in [0.25, 0.3) is 5.91 Å². The highest BCUT2D eigenvalue weighted by Crippen LogP contribution is 2.29. The molecule has 0 aromatic heterocycles. The molecule has 2 aromatic carbocycles. The zero-order valence-electron chi connectivity index (χ0n) is 14.0. The number of rotatable bonds is 6. The number of halogens is 4. The van der Waals surface area contributed by atoms with Gasteiger partial charge in [-0.15, -0.1) is 0 Å². The third-order valence-corrected chi connectivity index (χ3v) is 3.31. The number of alkyl halides is 3. The molecule has 0 radical (unpaired) electrons. The quantitative estimate of drug-likeness (QED) is 0.607. The maximum absolute atomic E-state index is 13.0. The van der Waals surface area contributed by atoms with Crippen molar-refractivity contribution in [2.75, 3.05) is 11.9 Å². The monoisotopic (exact) mass is 385 g/mol. The molecule has 0 spiro atoms. The lowest BCUT2D eigenvalue weighted by Crippen LogP contribution is -2.31. The largest absolute Gasteiger partial charge is 0.482 e. The van der Waals surface area contributed by atoms with Gasteiger partial charge in [-0.1, -0.05) is 6.07 Å². The van der Waals surface area contributed by atoms with Crippen LogP contribution in [0.5, 0.6) is 5.75 Å². The van der Waals surface area contributed by atoms with Crippen LogP contribution < -0.4 is 10.1 Å². The molecule has 0 aliphatic carbocycles. The summed E-state index contributed by atoms with van der Waals surface area (Å²) in [6.45, 7) is 0.751. The molecule has 0 saturated carbocycles. The molecule has 0 unspecified atom stereocenters. The van der Waals surface area contributed by atoms with Crippen LogP contribution in [-0.4, -0.2) is 24.6 Å². The van der Waals surface area contributed by atoms with E-state index in [0.29, 0.717) is 0 Å². The Morgan fingerprint density at radius 1 is 1.11 bits per heavy atom. The van der Waals surface area contributed by atoms with Crippen LogP contribution in [0, 0.1) is 5.82 Å². The summed E-state index contributed by atoms with van der Waals surface area (Å²) in [5.74, 6) is -2.01. The molecule has 0 saturated heterocycles. The van der Waals surface area contributed by atoms with Crippen molar-refractivity contribution in [1.82, 2.24) is 0 Å². The maximum Gasteiger partial charge on any atom is 0.416 e. The van der Waals surface area contributed by atoms with E-state index >= 15 is 0 Å². The van der Waals surface area contributed by atoms with Gasteiger partial charge < -0.3 is 14.8 Å². The summed E-state index contributed by atoms with van der Waals surface area (Å²) < 4.78 is 60.4. The van der Waals surface area contributed by atoms with E-state index in [1.807, 2.05) is 0 Å². The third-order valence-electron chi connectivity index (χ3n) is 3.31. The standard InChI is InChI=1S/C18H15F4NO4/c1-11(27-16(24)10-26-15-4-2-3-13(19)9-15)17(25)23-14-7-5-12(6-8-14)18(20,21)22/h2-9,11H,10H2,1H3,(H,23,25)/t11-/m1/s1. The molecule has 0 fully saturated rings. The number of amides is 1. The van der Waals surface area contributed by atoms with Crippen molar-refractivity contribution in [1.29, 1.82) is 0 Å². The number of nitrogens with one attached hydrogen (secondary N) is 1. The summed E-state index contributed by atoms with van der Waals surface area (Å²) >= 11 is 0. The lowest BCUT2D eigenvalue weighted by atomic mass is 10.2. The van der Waals surface area contributed by atoms with Crippen molar-refractivity contribution in [2.24, 2.45) is 0 Å². The van der Waals surface area contributed by atoms with Crippen LogP contribution in [0.1, 0.15) is 12.5 Å². The van der Waals surface area contributed by atoms with Crippen LogP contribution in [-0.2, 0) is 20.5 Å². The molecule has 9 heteroatoms. The molecule has 0 heterocycles. The Morgan fingerprint density at radius 3 is 2.37 bits per heavy atom. The smallest absolute Gasteiger partial charge is 0.416 e. The lowest BCUT2D eigenvalue weighted by Gasteiger charge is -2.14. The van der Waals surface area contributed by atoms with Gasteiger partial charge in [-0.25, -0.2) is 9.18 Å². The first-order valence-corrected chi connectivity index (χ1v) is 7.71. The minimum atomic E-state index is -4.48. The Morgan fingerprint density at radius 2 is 1.78 bits per heavy atom. The predicted molar refractivity (Wildman–Crippen MR) is 87.5 cm³/mol. The van der Waals surface area contributed by atoms with Gasteiger partial charge in [-0.2, -0.15) is 13.2 Å². The minimum Gasteiger partial charge on any atom is -0.482 e. The van der Waals surface area contributed by atoms with Gasteiger partial charge >= 0.3 is 12.1 Å². The van der Waals surface area contributed by atoms with E-state index in [1.165, 1.54) is 25.1 Å². The Balaban J connectivity index is 1.83. The number of hydrogen-bond donors (Lipinski definition) is 1. The Labute approximate surface area is 151 Å². The van der Waals surface area contributed by atoms with Gasteiger partial charge in [0.1, 0.15) is 11.6 Å². The van der Waals surface area contributed by atoms with E-state index in [4.69, 9.17) is 9.47 Å². The third kappa shape index (κ3) is 6.28. The molecule has 0 aliphatic heterocycles. The molecule has 27 heavy (non-hydrogen) atoms. The van der Waals surface area contributed by atoms with E-state index in [2.05, 4.69) is 5.32 Å². The number of ether oxygens (including phenoxy) is 2. The number of carbonyl (C=O) groups is 2. The average molecular weight is 385 g/mol. The summed E-state index contributed by atoms with van der Waals surface area (Å²) in [5.41, 5.74) is -0.735. The van der Waals surface area contributed by atoms with Crippen molar-refractivity contribution in [3.63, 3.8) is 0 Å². The summed E-state index contributed by atoms with van der Waals surface area (Å²) in [5, 5.41) is 2.33. The van der Waals surface area contributed by atoms with E-state index in [-0.39, 0.29) is 11.4 Å². The molecule has 5 nitrogen and oxygen atoms in total. The fourth-order valence-corrected chi connectivity index (χ4v) is 1.97. The van der Waals surface area contributed by atoms with Crippen molar-refractivity contribution >= 4 is 17.6 Å². The van der Waals surface area contributed by atoms with E-state index < -0.39 is 42.1 Å². The number of anilines is 1. The SMILES string of the molecule is C[C@@H](OC(=O)COc1cccc(F)c1)C(=O)Nc1ccc(C(F)(F)F)cc1. The fourth-order valence-electron chi connectivity index (χ4n) is 1.97. The van der Waals surface area contributed by atoms with Gasteiger partial charge in [-0.3, -0.25) is 4.79 Å². The topological polar surface area (TPSA) is 64.6 Å². The van der Waals surface area contributed by atoms with Crippen molar-refractivity contribution in [3.8, 4) is 5.75 Å². The average Bonchev–Trinajstić information content (AvgIpc) is 2.59. The van der Waals surface area contributed by atoms with Crippen LogP contribution in [0.4, 0.5) is 23.2 Å². The second kappa shape index (κ2) is 8.52. The number of carbonyl (C=O) groups excluding carboxylic acids is 2. The molecule has 1 N–H and O–H groups in total. The van der Waals surface area contributed by atoms with Crippen LogP contribution in [0.3, 0.4) is 0 Å². The summed E-state index contributed by atoms with van der Waals surface area (Å²) in [6, 6.07) is 8.93. The summed E-state index contributed by atoms with van der Waals surface area (Å²) in [7, 11) is 0. The summed E-state index contributed by atoms with van der Waals surface area (Å²) in [6.07, 6.45) is -5.69. The Hall–Kier alpha value is -3.10. The van der Waals surface area contributed by atoms with Gasteiger partial charge in [0.15, 0.2) is 12.7 Å². The number of hydrogen-bond acceptors (Lipinski definition) is 4. The predicted octanol–water partition coefficient (Wildman–Crippen LogP) is 3.79. The van der Waals surface area contributed by atoms with Crippen LogP contribution >= 0.6 is 0 Å². The minimum absolute atomic E-state index is 0.118. The van der Waals surface area contributed by atoms with Crippen LogP contribution in [0.2, 0.25) is 0 Å². The maximum atomic E-state index is 13.0. The fraction of sp³-hybridized carbons (Fsp3) is 0.222. The van der Waals surface area contributed by atoms with E-state index in [0.717, 1.165) is 30.3 Å². The highest BCUT2D eigenvalue weighted by molar-refractivity contribution is 5.95. The zero-order valence-corrected chi connectivity index (χ0v) is 14.0. The first-order valence-electron chi connectivity index (χ1n) is 7.71. The van der Waals surface area contributed by atoms with E-state index in [9.17, 15) is 27.2 Å². The molecule has 2 aromatic rings. The molecular weight excluding hydrogens is 370 g/mol. The Bertz CT molecular complexity index is 806. The first kappa shape index (κ1) is 20.2. The van der Waals surface area contributed by atoms with Crippen molar-refractivity contribution < 1.29 is 36.6 Å². The zero-order chi connectivity index (χ0) is 20.0. The number of benzene rings is 2. The second-order valence-electron chi connectivity index (χ2n) is 5.44. The van der Waals surface area contributed by atoms with Gasteiger partial charge in [0, 0.05) is 11.8 Å². The van der Waals surface area contributed by atoms with Gasteiger partial charge in [0.2, 0.25) is 0 Å². The number of esters is 1. The molecule has 1 amide bonds. The normalized spacial score (nSPS) is 12.2. The molecule has 0 aliphatic rings. The van der Waals surface area contributed by atoms with Gasteiger partial charge in [-0.05, 0) is 43.3 Å². The van der Waals surface area contributed by atoms with Crippen molar-refractivity contribution in [2.45, 2.75) is 19.2 Å². The highest BCUT2D eigenvalue weighted by Gasteiger charge is 2.30. The molecule has 1 atom stereocenters. The van der Waals surface area contributed by atoms with E-state index in [1.54, 1.807) is 0 Å². The van der Waals surface area contributed by atoms with Crippen LogP contribution in [0.25, 0.3) is 0 Å².